The fraction of sp³-hybridized carbons (Fsp3) is 0.318. The van der Waals surface area contributed by atoms with Gasteiger partial charge in [0.25, 0.3) is 5.91 Å². The van der Waals surface area contributed by atoms with Crippen LogP contribution in [-0.4, -0.2) is 44.9 Å². The van der Waals surface area contributed by atoms with Gasteiger partial charge >= 0.3 is 6.18 Å². The second-order valence-electron chi connectivity index (χ2n) is 7.29. The van der Waals surface area contributed by atoms with Crippen LogP contribution in [0.2, 0.25) is 0 Å². The largest absolute Gasteiger partial charge is 0.493 e. The zero-order chi connectivity index (χ0) is 24.3. The highest BCUT2D eigenvalue weighted by Crippen LogP contribution is 2.50. The molecule has 0 saturated carbocycles. The SMILES string of the molecule is COc1cc(CC2CC(C(=O)N/N=C/c3ccccc3C(F)(F)F)=NO2)c(OC)c2c1OCO2. The first-order chi connectivity index (χ1) is 16.3. The molecule has 12 heteroatoms. The lowest BCUT2D eigenvalue weighted by atomic mass is 10.0. The van der Waals surface area contributed by atoms with Gasteiger partial charge in [-0.2, -0.15) is 18.3 Å². The number of carbonyl (C=O) groups is 1. The van der Waals surface area contributed by atoms with Crippen molar-refractivity contribution < 1.29 is 41.8 Å². The molecule has 0 saturated heterocycles. The second-order valence-corrected chi connectivity index (χ2v) is 7.29. The summed E-state index contributed by atoms with van der Waals surface area (Å²) in [5.74, 6) is 1.11. The van der Waals surface area contributed by atoms with Gasteiger partial charge in [0.1, 0.15) is 11.8 Å². The van der Waals surface area contributed by atoms with E-state index in [0.29, 0.717) is 35.0 Å². The summed E-state index contributed by atoms with van der Waals surface area (Å²) >= 11 is 0. The fourth-order valence-corrected chi connectivity index (χ4v) is 3.60. The average molecular weight is 479 g/mol. The van der Waals surface area contributed by atoms with E-state index >= 15 is 0 Å². The monoisotopic (exact) mass is 479 g/mol. The Bertz CT molecular complexity index is 1150. The molecule has 2 heterocycles. The Morgan fingerprint density at radius 3 is 2.74 bits per heavy atom. The molecule has 0 aliphatic carbocycles. The van der Waals surface area contributed by atoms with E-state index in [1.54, 1.807) is 6.07 Å². The van der Waals surface area contributed by atoms with Crippen molar-refractivity contribution in [2.24, 2.45) is 10.3 Å². The summed E-state index contributed by atoms with van der Waals surface area (Å²) < 4.78 is 60.9. The van der Waals surface area contributed by atoms with Crippen molar-refractivity contribution in [3.8, 4) is 23.0 Å². The van der Waals surface area contributed by atoms with Gasteiger partial charge in [-0.25, -0.2) is 5.43 Å². The van der Waals surface area contributed by atoms with Crippen LogP contribution in [0.15, 0.2) is 40.6 Å². The van der Waals surface area contributed by atoms with Gasteiger partial charge in [0.2, 0.25) is 18.3 Å². The molecule has 180 valence electrons. The molecule has 0 fully saturated rings. The highest BCUT2D eigenvalue weighted by Gasteiger charge is 2.33. The van der Waals surface area contributed by atoms with Gasteiger partial charge in [-0.15, -0.1) is 0 Å². The Hall–Kier alpha value is -3.96. The van der Waals surface area contributed by atoms with E-state index in [2.05, 4.69) is 15.7 Å². The lowest BCUT2D eigenvalue weighted by Crippen LogP contribution is -2.27. The number of alkyl halides is 3. The first-order valence-corrected chi connectivity index (χ1v) is 10.1. The number of hydrazone groups is 1. The minimum Gasteiger partial charge on any atom is -0.493 e. The zero-order valence-electron chi connectivity index (χ0n) is 18.1. The van der Waals surface area contributed by atoms with Crippen LogP contribution in [0.25, 0.3) is 0 Å². The molecule has 2 aromatic carbocycles. The van der Waals surface area contributed by atoms with Crippen molar-refractivity contribution in [1.82, 2.24) is 5.43 Å². The third-order valence-electron chi connectivity index (χ3n) is 5.14. The minimum absolute atomic E-state index is 0.0346. The molecular weight excluding hydrogens is 459 g/mol. The number of hydrogen-bond donors (Lipinski definition) is 1. The maximum absolute atomic E-state index is 13.1. The molecule has 0 aromatic heterocycles. The number of nitrogens with zero attached hydrogens (tertiary/aromatic N) is 2. The molecule has 4 rings (SSSR count). The quantitative estimate of drug-likeness (QED) is 0.483. The van der Waals surface area contributed by atoms with Gasteiger partial charge in [0, 0.05) is 24.0 Å². The molecule has 2 aliphatic rings. The summed E-state index contributed by atoms with van der Waals surface area (Å²) in [6.45, 7) is 0.0346. The number of amides is 1. The zero-order valence-corrected chi connectivity index (χ0v) is 18.1. The van der Waals surface area contributed by atoms with Crippen molar-refractivity contribution in [3.05, 3.63) is 47.0 Å². The molecule has 1 unspecified atom stereocenters. The molecule has 1 atom stereocenters. The van der Waals surface area contributed by atoms with Gasteiger partial charge in [0.15, 0.2) is 11.5 Å². The maximum atomic E-state index is 13.1. The summed E-state index contributed by atoms with van der Waals surface area (Å²) in [7, 11) is 2.99. The molecule has 9 nitrogen and oxygen atoms in total. The average Bonchev–Trinajstić information content (AvgIpc) is 3.48. The topological polar surface area (TPSA) is 100.0 Å². The number of rotatable bonds is 7. The van der Waals surface area contributed by atoms with Gasteiger partial charge in [-0.1, -0.05) is 23.4 Å². The third-order valence-corrected chi connectivity index (χ3v) is 5.14. The van der Waals surface area contributed by atoms with Gasteiger partial charge < -0.3 is 23.8 Å². The first-order valence-electron chi connectivity index (χ1n) is 10.1. The Balaban J connectivity index is 1.39. The first kappa shape index (κ1) is 23.2. The van der Waals surface area contributed by atoms with Crippen molar-refractivity contribution in [2.75, 3.05) is 21.0 Å². The fourth-order valence-electron chi connectivity index (χ4n) is 3.60. The Morgan fingerprint density at radius 2 is 2.00 bits per heavy atom. The number of carbonyl (C=O) groups excluding carboxylic acids is 1. The van der Waals surface area contributed by atoms with E-state index in [1.807, 2.05) is 0 Å². The normalized spacial score (nSPS) is 16.9. The molecule has 0 radical (unpaired) electrons. The molecule has 2 aliphatic heterocycles. The number of hydrogen-bond acceptors (Lipinski definition) is 8. The van der Waals surface area contributed by atoms with Crippen LogP contribution < -0.4 is 24.4 Å². The second kappa shape index (κ2) is 9.49. The summed E-state index contributed by atoms with van der Waals surface area (Å²) in [5.41, 5.74) is 1.90. The van der Waals surface area contributed by atoms with E-state index in [4.69, 9.17) is 23.8 Å². The Morgan fingerprint density at radius 1 is 1.24 bits per heavy atom. The van der Waals surface area contributed by atoms with E-state index in [0.717, 1.165) is 12.3 Å². The number of fused-ring (bicyclic) bond motifs is 1. The van der Waals surface area contributed by atoms with Crippen LogP contribution in [0.5, 0.6) is 23.0 Å². The van der Waals surface area contributed by atoms with Crippen molar-refractivity contribution in [3.63, 3.8) is 0 Å². The number of benzene rings is 2. The van der Waals surface area contributed by atoms with E-state index < -0.39 is 23.8 Å². The molecule has 2 aromatic rings. The van der Waals surface area contributed by atoms with Gasteiger partial charge in [0.05, 0.1) is 26.0 Å². The van der Waals surface area contributed by atoms with E-state index in [1.165, 1.54) is 32.4 Å². The van der Waals surface area contributed by atoms with Crippen LogP contribution in [0.3, 0.4) is 0 Å². The predicted octanol–water partition coefficient (Wildman–Crippen LogP) is 3.29. The summed E-state index contributed by atoms with van der Waals surface area (Å²) in [5, 5.41) is 7.42. The number of halogens is 3. The molecule has 0 spiro atoms. The highest BCUT2D eigenvalue weighted by atomic mass is 19.4. The Kier molecular flexibility index (Phi) is 6.48. The van der Waals surface area contributed by atoms with Crippen LogP contribution in [0.1, 0.15) is 23.1 Å². The van der Waals surface area contributed by atoms with E-state index in [-0.39, 0.29) is 24.5 Å². The standard InChI is InChI=1S/C22H20F3N3O6/c1-30-17-8-13(18(31-2)20-19(17)32-11-33-20)7-14-9-16(28-34-14)21(29)27-26-10-12-5-3-4-6-15(12)22(23,24)25/h3-6,8,10,14H,7,9,11H2,1-2H3,(H,27,29)/b26-10+. The predicted molar refractivity (Wildman–Crippen MR) is 113 cm³/mol. The number of nitrogens with one attached hydrogen (secondary N) is 1. The molecule has 0 bridgehead atoms. The smallest absolute Gasteiger partial charge is 0.417 e. The van der Waals surface area contributed by atoms with Crippen molar-refractivity contribution in [1.29, 1.82) is 0 Å². The molecule has 1 N–H and O–H groups in total. The van der Waals surface area contributed by atoms with Crippen LogP contribution in [-0.2, 0) is 22.2 Å². The molecule has 1 amide bonds. The van der Waals surface area contributed by atoms with Crippen molar-refractivity contribution in [2.45, 2.75) is 25.1 Å². The summed E-state index contributed by atoms with van der Waals surface area (Å²) in [6, 6.07) is 6.63. The highest BCUT2D eigenvalue weighted by molar-refractivity contribution is 6.39. The van der Waals surface area contributed by atoms with E-state index in [9.17, 15) is 18.0 Å². The lowest BCUT2D eigenvalue weighted by Gasteiger charge is -2.15. The van der Waals surface area contributed by atoms with Crippen LogP contribution >= 0.6 is 0 Å². The summed E-state index contributed by atoms with van der Waals surface area (Å²) in [6.07, 6.45) is -3.63. The van der Waals surface area contributed by atoms with Crippen LogP contribution in [0.4, 0.5) is 13.2 Å². The third kappa shape index (κ3) is 4.70. The number of methoxy groups -OCH3 is 2. The number of ether oxygens (including phenoxy) is 4. The molecular formula is C22H20F3N3O6. The van der Waals surface area contributed by atoms with Gasteiger partial charge in [-0.3, -0.25) is 4.79 Å². The van der Waals surface area contributed by atoms with Crippen LogP contribution in [0, 0.1) is 0 Å². The van der Waals surface area contributed by atoms with Crippen molar-refractivity contribution >= 4 is 17.8 Å². The summed E-state index contributed by atoms with van der Waals surface area (Å²) in [4.78, 5) is 17.7. The Labute approximate surface area is 192 Å². The molecule has 34 heavy (non-hydrogen) atoms. The maximum Gasteiger partial charge on any atom is 0.417 e. The minimum atomic E-state index is -4.54. The van der Waals surface area contributed by atoms with Gasteiger partial charge in [-0.05, 0) is 12.1 Å². The lowest BCUT2D eigenvalue weighted by molar-refractivity contribution is -0.137. The number of oxime groups is 1.